The largest absolute Gasteiger partial charge is 0.481 e. The van der Waals surface area contributed by atoms with Crippen LogP contribution in [-0.4, -0.2) is 40.1 Å². The maximum atomic E-state index is 12.2. The molecule has 2 fully saturated rings. The van der Waals surface area contributed by atoms with Crippen molar-refractivity contribution in [1.82, 2.24) is 10.1 Å². The van der Waals surface area contributed by atoms with Gasteiger partial charge in [-0.3, -0.25) is 9.59 Å². The Morgan fingerprint density at radius 2 is 2.16 bits per heavy atom. The summed E-state index contributed by atoms with van der Waals surface area (Å²) in [5, 5.41) is 12.8. The Hall–Kier alpha value is -1.85. The third kappa shape index (κ3) is 2.47. The van der Waals surface area contributed by atoms with E-state index >= 15 is 0 Å². The van der Waals surface area contributed by atoms with Crippen molar-refractivity contribution in [2.75, 3.05) is 13.1 Å². The van der Waals surface area contributed by atoms with Gasteiger partial charge in [-0.1, -0.05) is 5.16 Å². The van der Waals surface area contributed by atoms with Gasteiger partial charge in [-0.25, -0.2) is 0 Å². The van der Waals surface area contributed by atoms with Gasteiger partial charge < -0.3 is 14.5 Å². The van der Waals surface area contributed by atoms with Crippen molar-refractivity contribution < 1.29 is 19.2 Å². The highest BCUT2D eigenvalue weighted by Gasteiger charge is 2.32. The lowest BCUT2D eigenvalue weighted by Crippen LogP contribution is -2.42. The van der Waals surface area contributed by atoms with Crippen molar-refractivity contribution in [3.8, 4) is 0 Å². The van der Waals surface area contributed by atoms with E-state index in [4.69, 9.17) is 9.63 Å². The lowest BCUT2D eigenvalue weighted by molar-refractivity contribution is -0.143. The lowest BCUT2D eigenvalue weighted by atomic mass is 9.98. The third-order valence-corrected chi connectivity index (χ3v) is 3.79. The number of carbonyl (C=O) groups excluding carboxylic acids is 1. The van der Waals surface area contributed by atoms with Gasteiger partial charge in [-0.2, -0.15) is 0 Å². The van der Waals surface area contributed by atoms with E-state index in [1.165, 1.54) is 0 Å². The number of carboxylic acid groups (broad SMARTS) is 1. The first-order valence-corrected chi connectivity index (χ1v) is 6.64. The molecule has 0 bridgehead atoms. The topological polar surface area (TPSA) is 83.6 Å². The van der Waals surface area contributed by atoms with Crippen LogP contribution in [0.3, 0.4) is 0 Å². The maximum absolute atomic E-state index is 12.2. The van der Waals surface area contributed by atoms with Crippen LogP contribution in [0.2, 0.25) is 0 Å². The van der Waals surface area contributed by atoms with E-state index < -0.39 is 11.9 Å². The summed E-state index contributed by atoms with van der Waals surface area (Å²) >= 11 is 0. The molecule has 3 rings (SSSR count). The SMILES string of the molecule is O=C(O)C1CCCN(C(=O)c2cc(C3CC3)on2)C1. The summed E-state index contributed by atoms with van der Waals surface area (Å²) in [7, 11) is 0. The number of aromatic nitrogens is 1. The predicted octanol–water partition coefficient (Wildman–Crippen LogP) is 1.49. The molecule has 2 aliphatic rings. The first-order valence-electron chi connectivity index (χ1n) is 6.64. The van der Waals surface area contributed by atoms with E-state index in [1.807, 2.05) is 0 Å². The van der Waals surface area contributed by atoms with Crippen LogP contribution < -0.4 is 0 Å². The molecule has 19 heavy (non-hydrogen) atoms. The zero-order chi connectivity index (χ0) is 13.4. The number of hydrogen-bond donors (Lipinski definition) is 1. The molecule has 1 amide bonds. The fraction of sp³-hybridized carbons (Fsp3) is 0.615. The van der Waals surface area contributed by atoms with Crippen molar-refractivity contribution in [3.63, 3.8) is 0 Å². The second-order valence-corrected chi connectivity index (χ2v) is 5.32. The fourth-order valence-corrected chi connectivity index (χ4v) is 2.48. The van der Waals surface area contributed by atoms with E-state index in [1.54, 1.807) is 11.0 Å². The molecule has 2 heterocycles. The number of nitrogens with zero attached hydrogens (tertiary/aromatic N) is 2. The van der Waals surface area contributed by atoms with Crippen molar-refractivity contribution in [2.45, 2.75) is 31.6 Å². The Morgan fingerprint density at radius 1 is 1.37 bits per heavy atom. The molecule has 1 atom stereocenters. The third-order valence-electron chi connectivity index (χ3n) is 3.79. The smallest absolute Gasteiger partial charge is 0.308 e. The van der Waals surface area contributed by atoms with Crippen LogP contribution in [0.5, 0.6) is 0 Å². The average Bonchev–Trinajstić information content (AvgIpc) is 3.16. The zero-order valence-corrected chi connectivity index (χ0v) is 10.5. The highest BCUT2D eigenvalue weighted by Crippen LogP contribution is 2.40. The number of aliphatic carboxylic acids is 1. The summed E-state index contributed by atoms with van der Waals surface area (Å²) in [4.78, 5) is 24.8. The standard InChI is InChI=1S/C13H16N2O4/c16-12(10-6-11(19-14-10)8-3-4-8)15-5-1-2-9(7-15)13(17)18/h6,8-9H,1-5,7H2,(H,17,18). The Kier molecular flexibility index (Phi) is 3.00. The lowest BCUT2D eigenvalue weighted by Gasteiger charge is -2.29. The first kappa shape index (κ1) is 12.2. The molecule has 1 unspecified atom stereocenters. The Balaban J connectivity index is 1.69. The van der Waals surface area contributed by atoms with Gasteiger partial charge in [-0.15, -0.1) is 0 Å². The van der Waals surface area contributed by atoms with Crippen LogP contribution in [0.25, 0.3) is 0 Å². The number of hydrogen-bond acceptors (Lipinski definition) is 4. The summed E-state index contributed by atoms with van der Waals surface area (Å²) in [6.45, 7) is 0.855. The van der Waals surface area contributed by atoms with E-state index in [0.29, 0.717) is 24.6 Å². The van der Waals surface area contributed by atoms with Gasteiger partial charge in [0.15, 0.2) is 5.69 Å². The van der Waals surface area contributed by atoms with Gasteiger partial charge in [0, 0.05) is 25.1 Å². The molecule has 1 aromatic rings. The molecule has 1 N–H and O–H groups in total. The van der Waals surface area contributed by atoms with Gasteiger partial charge in [0.1, 0.15) is 5.76 Å². The highest BCUT2D eigenvalue weighted by molar-refractivity contribution is 5.92. The Labute approximate surface area is 110 Å². The van der Waals surface area contributed by atoms with E-state index in [0.717, 1.165) is 25.0 Å². The van der Waals surface area contributed by atoms with E-state index in [-0.39, 0.29) is 12.5 Å². The van der Waals surface area contributed by atoms with E-state index in [9.17, 15) is 9.59 Å². The molecule has 6 heteroatoms. The number of carboxylic acids is 1. The summed E-state index contributed by atoms with van der Waals surface area (Å²) in [6.07, 6.45) is 3.53. The molecule has 0 aromatic carbocycles. The van der Waals surface area contributed by atoms with Crippen LogP contribution in [0.15, 0.2) is 10.6 Å². The molecular weight excluding hydrogens is 248 g/mol. The number of likely N-dealkylation sites (tertiary alicyclic amines) is 1. The minimum atomic E-state index is -0.837. The summed E-state index contributed by atoms with van der Waals surface area (Å²) in [5.41, 5.74) is 0.299. The zero-order valence-electron chi connectivity index (χ0n) is 10.5. The minimum Gasteiger partial charge on any atom is -0.481 e. The quantitative estimate of drug-likeness (QED) is 0.894. The van der Waals surface area contributed by atoms with Crippen molar-refractivity contribution >= 4 is 11.9 Å². The number of rotatable bonds is 3. The average molecular weight is 264 g/mol. The minimum absolute atomic E-state index is 0.221. The maximum Gasteiger partial charge on any atom is 0.308 e. The van der Waals surface area contributed by atoms with Crippen molar-refractivity contribution in [2.24, 2.45) is 5.92 Å². The fourth-order valence-electron chi connectivity index (χ4n) is 2.48. The van der Waals surface area contributed by atoms with Crippen molar-refractivity contribution in [1.29, 1.82) is 0 Å². The van der Waals surface area contributed by atoms with E-state index in [2.05, 4.69) is 5.16 Å². The van der Waals surface area contributed by atoms with Gasteiger partial charge in [0.05, 0.1) is 5.92 Å². The molecule has 0 spiro atoms. The van der Waals surface area contributed by atoms with Gasteiger partial charge in [0.2, 0.25) is 0 Å². The second-order valence-electron chi connectivity index (χ2n) is 5.32. The molecule has 1 saturated carbocycles. The summed E-state index contributed by atoms with van der Waals surface area (Å²) in [5.74, 6) is -0.331. The van der Waals surface area contributed by atoms with Gasteiger partial charge in [-0.05, 0) is 25.7 Å². The first-order chi connectivity index (χ1) is 9.15. The number of amides is 1. The molecular formula is C13H16N2O4. The van der Waals surface area contributed by atoms with Crippen LogP contribution >= 0.6 is 0 Å². The molecule has 1 saturated heterocycles. The van der Waals surface area contributed by atoms with Crippen molar-refractivity contribution in [3.05, 3.63) is 17.5 Å². The van der Waals surface area contributed by atoms with Crippen LogP contribution in [-0.2, 0) is 4.79 Å². The van der Waals surface area contributed by atoms with Crippen LogP contribution in [0, 0.1) is 5.92 Å². The predicted molar refractivity (Wildman–Crippen MR) is 64.7 cm³/mol. The number of carbonyl (C=O) groups is 2. The molecule has 0 radical (unpaired) electrons. The van der Waals surface area contributed by atoms with Gasteiger partial charge in [0.25, 0.3) is 5.91 Å². The van der Waals surface area contributed by atoms with Crippen LogP contribution in [0.4, 0.5) is 0 Å². The number of piperidine rings is 1. The van der Waals surface area contributed by atoms with Crippen LogP contribution in [0.1, 0.15) is 47.8 Å². The summed E-state index contributed by atoms with van der Waals surface area (Å²) < 4.78 is 5.16. The highest BCUT2D eigenvalue weighted by atomic mass is 16.5. The monoisotopic (exact) mass is 264 g/mol. The second kappa shape index (κ2) is 4.68. The molecule has 6 nitrogen and oxygen atoms in total. The molecule has 1 aliphatic carbocycles. The molecule has 1 aromatic heterocycles. The molecule has 1 aliphatic heterocycles. The summed E-state index contributed by atoms with van der Waals surface area (Å²) in [6, 6.07) is 1.70. The normalized spacial score (nSPS) is 23.4. The molecule has 102 valence electrons. The van der Waals surface area contributed by atoms with Gasteiger partial charge >= 0.3 is 5.97 Å². The Bertz CT molecular complexity index is 506. The Morgan fingerprint density at radius 3 is 2.84 bits per heavy atom.